The fourth-order valence-corrected chi connectivity index (χ4v) is 5.96. The molecule has 0 radical (unpaired) electrons. The Morgan fingerprint density at radius 2 is 1.96 bits per heavy atom. The molecular weight excluding hydrogens is 385 g/mol. The summed E-state index contributed by atoms with van der Waals surface area (Å²) >= 11 is 11.9. The number of nitrogens with zero attached hydrogens (tertiary/aromatic N) is 1. The summed E-state index contributed by atoms with van der Waals surface area (Å²) in [6, 6.07) is 5.10. The zero-order valence-electron chi connectivity index (χ0n) is 15.3. The van der Waals surface area contributed by atoms with Crippen LogP contribution in [0, 0.1) is 23.2 Å². The van der Waals surface area contributed by atoms with Crippen molar-refractivity contribution in [2.24, 2.45) is 28.2 Å². The van der Waals surface area contributed by atoms with Gasteiger partial charge >= 0.3 is 0 Å². The molecule has 27 heavy (non-hydrogen) atoms. The summed E-state index contributed by atoms with van der Waals surface area (Å²) in [6.07, 6.45) is 6.42. The Bertz CT molecular complexity index is 746. The standard InChI is InChI=1S/C21H25Cl2NO3/c22-16-3-4-18(17(23)8-16)27-5-1-2-19(26)24-20-14-6-13-7-15(20)11-21(9-13,10-14)12-25/h3-4,8,13-15,25H,1-2,5-7,9-12H2. The number of carbonyl (C=O) groups excluding carboxylic acids is 1. The molecule has 1 amide bonds. The maximum atomic E-state index is 12.4. The van der Waals surface area contributed by atoms with Crippen molar-refractivity contribution in [2.45, 2.75) is 44.9 Å². The van der Waals surface area contributed by atoms with Crippen molar-refractivity contribution in [1.29, 1.82) is 0 Å². The lowest BCUT2D eigenvalue weighted by atomic mass is 9.49. The molecule has 1 aromatic rings. The number of benzene rings is 1. The molecule has 4 fully saturated rings. The predicted octanol–water partition coefficient (Wildman–Crippen LogP) is 4.94. The molecule has 146 valence electrons. The van der Waals surface area contributed by atoms with Crippen LogP contribution in [-0.2, 0) is 4.79 Å². The van der Waals surface area contributed by atoms with E-state index >= 15 is 0 Å². The van der Waals surface area contributed by atoms with Crippen LogP contribution in [0.5, 0.6) is 5.75 Å². The van der Waals surface area contributed by atoms with Gasteiger partial charge in [0.05, 0.1) is 11.6 Å². The fraction of sp³-hybridized carbons (Fsp3) is 0.619. The molecule has 1 N–H and O–H groups in total. The minimum Gasteiger partial charge on any atom is -0.492 e. The second kappa shape index (κ2) is 7.73. The number of amides is 1. The van der Waals surface area contributed by atoms with Gasteiger partial charge < -0.3 is 9.84 Å². The van der Waals surface area contributed by atoms with Crippen LogP contribution in [0.25, 0.3) is 0 Å². The van der Waals surface area contributed by atoms with Gasteiger partial charge in [0.15, 0.2) is 0 Å². The van der Waals surface area contributed by atoms with Crippen molar-refractivity contribution in [3.05, 3.63) is 28.2 Å². The molecule has 4 aliphatic carbocycles. The first-order chi connectivity index (χ1) is 13.0. The van der Waals surface area contributed by atoms with E-state index in [0.717, 1.165) is 37.8 Å². The lowest BCUT2D eigenvalue weighted by molar-refractivity contribution is -0.118. The number of carbonyl (C=O) groups is 1. The molecule has 4 saturated carbocycles. The summed E-state index contributed by atoms with van der Waals surface area (Å²) in [6.45, 7) is 0.697. The fourth-order valence-electron chi connectivity index (χ4n) is 5.50. The highest BCUT2D eigenvalue weighted by molar-refractivity contribution is 6.35. The molecule has 4 nitrogen and oxygen atoms in total. The summed E-state index contributed by atoms with van der Waals surface area (Å²) < 4.78 is 5.64. The highest BCUT2D eigenvalue weighted by Crippen LogP contribution is 2.58. The van der Waals surface area contributed by atoms with Gasteiger partial charge in [0, 0.05) is 23.8 Å². The summed E-state index contributed by atoms with van der Waals surface area (Å²) in [5.74, 6) is 2.03. The van der Waals surface area contributed by atoms with Gasteiger partial charge in [-0.3, -0.25) is 4.79 Å². The number of aliphatic hydroxyl groups excluding tert-OH is 1. The molecule has 4 aliphatic rings. The number of rotatable bonds is 6. The normalized spacial score (nSPS) is 31.2. The van der Waals surface area contributed by atoms with Crippen molar-refractivity contribution in [3.63, 3.8) is 0 Å². The van der Waals surface area contributed by atoms with Gasteiger partial charge in [-0.2, -0.15) is 0 Å². The third-order valence-electron chi connectivity index (χ3n) is 6.43. The van der Waals surface area contributed by atoms with E-state index in [1.165, 1.54) is 0 Å². The zero-order chi connectivity index (χ0) is 19.0. The Morgan fingerprint density at radius 1 is 1.22 bits per heavy atom. The number of halogens is 2. The Kier molecular flexibility index (Phi) is 5.50. The predicted molar refractivity (Wildman–Crippen MR) is 107 cm³/mol. The van der Waals surface area contributed by atoms with Crippen LogP contribution in [0.15, 0.2) is 23.2 Å². The van der Waals surface area contributed by atoms with Crippen LogP contribution >= 0.6 is 23.2 Å². The summed E-state index contributed by atoms with van der Waals surface area (Å²) in [4.78, 5) is 16.9. The summed E-state index contributed by atoms with van der Waals surface area (Å²) in [7, 11) is 0. The summed E-state index contributed by atoms with van der Waals surface area (Å²) in [5, 5.41) is 10.9. The van der Waals surface area contributed by atoms with E-state index in [2.05, 4.69) is 4.99 Å². The summed E-state index contributed by atoms with van der Waals surface area (Å²) in [5.41, 5.74) is 1.21. The molecule has 2 unspecified atom stereocenters. The molecule has 6 heteroatoms. The average molecular weight is 410 g/mol. The SMILES string of the molecule is O=C(CCCOc1ccc(Cl)cc1Cl)N=C1C2CC3CC1CC(CO)(C3)C2. The lowest BCUT2D eigenvalue weighted by Gasteiger charge is -2.56. The van der Waals surface area contributed by atoms with E-state index in [0.29, 0.717) is 53.0 Å². The number of hydrogen-bond acceptors (Lipinski definition) is 3. The molecule has 4 bridgehead atoms. The number of ether oxygens (including phenoxy) is 1. The smallest absolute Gasteiger partial charge is 0.245 e. The Labute approximate surface area is 169 Å². The average Bonchev–Trinajstić information content (AvgIpc) is 2.63. The third-order valence-corrected chi connectivity index (χ3v) is 6.96. The minimum absolute atomic E-state index is 0.0543. The monoisotopic (exact) mass is 409 g/mol. The van der Waals surface area contributed by atoms with E-state index < -0.39 is 0 Å². The van der Waals surface area contributed by atoms with E-state index in [9.17, 15) is 9.90 Å². The van der Waals surface area contributed by atoms with Gasteiger partial charge in [-0.1, -0.05) is 23.2 Å². The number of aliphatic hydroxyl groups is 1. The maximum Gasteiger partial charge on any atom is 0.245 e. The van der Waals surface area contributed by atoms with Gasteiger partial charge in [-0.25, -0.2) is 4.99 Å². The lowest BCUT2D eigenvalue weighted by Crippen LogP contribution is -2.53. The second-order valence-corrected chi connectivity index (χ2v) is 9.30. The third kappa shape index (κ3) is 4.03. The molecule has 0 saturated heterocycles. The van der Waals surface area contributed by atoms with Gasteiger partial charge in [0.25, 0.3) is 0 Å². The molecule has 1 aromatic carbocycles. The molecular formula is C21H25Cl2NO3. The molecule has 0 aliphatic heterocycles. The maximum absolute atomic E-state index is 12.4. The largest absolute Gasteiger partial charge is 0.492 e. The van der Waals surface area contributed by atoms with E-state index in [1.54, 1.807) is 18.2 Å². The van der Waals surface area contributed by atoms with E-state index in [4.69, 9.17) is 27.9 Å². The molecule has 2 atom stereocenters. The van der Waals surface area contributed by atoms with Crippen molar-refractivity contribution < 1.29 is 14.6 Å². The van der Waals surface area contributed by atoms with Crippen LogP contribution in [-0.4, -0.2) is 29.9 Å². The van der Waals surface area contributed by atoms with Crippen molar-refractivity contribution in [1.82, 2.24) is 0 Å². The topological polar surface area (TPSA) is 58.9 Å². The Hall–Kier alpha value is -1.10. The molecule has 0 aromatic heterocycles. The van der Waals surface area contributed by atoms with Crippen LogP contribution in [0.2, 0.25) is 10.0 Å². The zero-order valence-corrected chi connectivity index (χ0v) is 16.8. The van der Waals surface area contributed by atoms with Crippen LogP contribution < -0.4 is 4.74 Å². The van der Waals surface area contributed by atoms with Crippen molar-refractivity contribution in [2.75, 3.05) is 13.2 Å². The van der Waals surface area contributed by atoms with E-state index in [1.807, 2.05) is 0 Å². The van der Waals surface area contributed by atoms with Gasteiger partial charge in [0.2, 0.25) is 5.91 Å². The first-order valence-electron chi connectivity index (χ1n) is 9.78. The van der Waals surface area contributed by atoms with Crippen LogP contribution in [0.3, 0.4) is 0 Å². The Morgan fingerprint density at radius 3 is 2.63 bits per heavy atom. The van der Waals surface area contributed by atoms with Crippen LogP contribution in [0.4, 0.5) is 0 Å². The Balaban J connectivity index is 1.29. The number of aliphatic imine (C=N–C) groups is 1. The van der Waals surface area contributed by atoms with Gasteiger partial charge in [-0.05, 0) is 79.9 Å². The highest BCUT2D eigenvalue weighted by Gasteiger charge is 2.53. The molecule has 0 spiro atoms. The second-order valence-electron chi connectivity index (χ2n) is 8.46. The highest BCUT2D eigenvalue weighted by atomic mass is 35.5. The van der Waals surface area contributed by atoms with Gasteiger partial charge in [0.1, 0.15) is 5.75 Å². The molecule has 5 rings (SSSR count). The van der Waals surface area contributed by atoms with Crippen LogP contribution in [0.1, 0.15) is 44.9 Å². The van der Waals surface area contributed by atoms with Gasteiger partial charge in [-0.15, -0.1) is 0 Å². The molecule has 0 heterocycles. The van der Waals surface area contributed by atoms with E-state index in [-0.39, 0.29) is 17.9 Å². The van der Waals surface area contributed by atoms with Crippen molar-refractivity contribution in [3.8, 4) is 5.75 Å². The first-order valence-corrected chi connectivity index (χ1v) is 10.5. The quantitative estimate of drug-likeness (QED) is 0.676. The first kappa shape index (κ1) is 19.2. The minimum atomic E-state index is -0.0543. The number of hydrogen-bond donors (Lipinski definition) is 1. The van der Waals surface area contributed by atoms with Crippen molar-refractivity contribution >= 4 is 34.8 Å².